The van der Waals surface area contributed by atoms with Crippen LogP contribution >= 0.6 is 0 Å². The van der Waals surface area contributed by atoms with E-state index < -0.39 is 0 Å². The summed E-state index contributed by atoms with van der Waals surface area (Å²) in [6, 6.07) is 16.4. The van der Waals surface area contributed by atoms with Gasteiger partial charge in [0.05, 0.1) is 30.0 Å². The molecule has 0 bridgehead atoms. The van der Waals surface area contributed by atoms with Crippen LogP contribution in [0.15, 0.2) is 54.7 Å². The molecule has 29 heavy (non-hydrogen) atoms. The van der Waals surface area contributed by atoms with Crippen molar-refractivity contribution < 1.29 is 4.74 Å². The molecule has 1 atom stereocenters. The fourth-order valence-electron chi connectivity index (χ4n) is 4.27. The third-order valence-electron chi connectivity index (χ3n) is 5.79. The Balaban J connectivity index is 1.32. The number of methoxy groups -OCH3 is 1. The molecule has 2 N–H and O–H groups in total. The molecule has 0 spiro atoms. The molecule has 0 radical (unpaired) electrons. The monoisotopic (exact) mass is 387 g/mol. The molecule has 6 nitrogen and oxygen atoms in total. The number of piperidine rings is 1. The summed E-state index contributed by atoms with van der Waals surface area (Å²) in [5.74, 6) is 2.41. The molecular formula is C23H25N5O. The van der Waals surface area contributed by atoms with Gasteiger partial charge >= 0.3 is 0 Å². The van der Waals surface area contributed by atoms with Crippen LogP contribution in [0, 0.1) is 0 Å². The van der Waals surface area contributed by atoms with Gasteiger partial charge in [0.15, 0.2) is 0 Å². The number of H-pyrrole nitrogens is 2. The largest absolute Gasteiger partial charge is 0.497 e. The van der Waals surface area contributed by atoms with Crippen molar-refractivity contribution in [2.24, 2.45) is 0 Å². The number of hydrogen-bond donors (Lipinski definition) is 2. The first kappa shape index (κ1) is 17.9. The van der Waals surface area contributed by atoms with Gasteiger partial charge < -0.3 is 9.72 Å². The van der Waals surface area contributed by atoms with Crippen LogP contribution in [0.4, 0.5) is 0 Å². The van der Waals surface area contributed by atoms with Gasteiger partial charge in [-0.25, -0.2) is 4.98 Å². The number of fused-ring (bicyclic) bond motifs is 1. The van der Waals surface area contributed by atoms with Crippen molar-refractivity contribution in [1.82, 2.24) is 25.1 Å². The average Bonchev–Trinajstić information content (AvgIpc) is 3.41. The average molecular weight is 387 g/mol. The van der Waals surface area contributed by atoms with E-state index in [2.05, 4.69) is 50.4 Å². The number of rotatable bonds is 5. The Bertz CT molecular complexity index is 1060. The van der Waals surface area contributed by atoms with Crippen molar-refractivity contribution in [3.8, 4) is 17.0 Å². The van der Waals surface area contributed by atoms with E-state index in [0.29, 0.717) is 5.92 Å². The molecule has 1 aliphatic rings. The Hall–Kier alpha value is -3.12. The second kappa shape index (κ2) is 7.72. The van der Waals surface area contributed by atoms with Crippen LogP contribution in [0.5, 0.6) is 5.75 Å². The Morgan fingerprint density at radius 1 is 1.14 bits per heavy atom. The fraction of sp³-hybridized carbons (Fsp3) is 0.304. The van der Waals surface area contributed by atoms with E-state index in [4.69, 9.17) is 9.72 Å². The lowest BCUT2D eigenvalue weighted by Crippen LogP contribution is -2.34. The van der Waals surface area contributed by atoms with Crippen LogP contribution in [0.2, 0.25) is 0 Å². The highest BCUT2D eigenvalue weighted by Gasteiger charge is 2.25. The van der Waals surface area contributed by atoms with Gasteiger partial charge in [-0.1, -0.05) is 12.1 Å². The van der Waals surface area contributed by atoms with E-state index >= 15 is 0 Å². The summed E-state index contributed by atoms with van der Waals surface area (Å²) in [6.07, 6.45) is 4.30. The van der Waals surface area contributed by atoms with Crippen LogP contribution in [0.25, 0.3) is 22.3 Å². The van der Waals surface area contributed by atoms with Crippen LogP contribution in [0.1, 0.15) is 30.1 Å². The first-order valence-corrected chi connectivity index (χ1v) is 10.1. The fourth-order valence-corrected chi connectivity index (χ4v) is 4.27. The molecule has 0 amide bonds. The number of para-hydroxylation sites is 2. The van der Waals surface area contributed by atoms with Gasteiger partial charge in [-0.2, -0.15) is 5.10 Å². The van der Waals surface area contributed by atoms with Gasteiger partial charge in [0.1, 0.15) is 11.6 Å². The van der Waals surface area contributed by atoms with Gasteiger partial charge in [-0.3, -0.25) is 10.00 Å². The van der Waals surface area contributed by atoms with E-state index in [1.54, 1.807) is 7.11 Å². The van der Waals surface area contributed by atoms with Crippen LogP contribution in [-0.2, 0) is 6.54 Å². The van der Waals surface area contributed by atoms with Crippen LogP contribution < -0.4 is 4.74 Å². The molecule has 5 rings (SSSR count). The minimum absolute atomic E-state index is 0.437. The zero-order valence-corrected chi connectivity index (χ0v) is 16.6. The molecule has 0 saturated carbocycles. The normalized spacial score (nSPS) is 17.6. The molecule has 2 aromatic carbocycles. The Labute approximate surface area is 169 Å². The number of ether oxygens (including phenoxy) is 1. The quantitative estimate of drug-likeness (QED) is 0.534. The maximum atomic E-state index is 5.27. The predicted molar refractivity (Wildman–Crippen MR) is 114 cm³/mol. The van der Waals surface area contributed by atoms with Gasteiger partial charge in [0.2, 0.25) is 0 Å². The standard InChI is InChI=1S/C23H25N5O/c1-29-19-10-8-16(9-11-19)22-18(13-24-27-22)15-28-12-4-5-17(14-28)23-25-20-6-2-3-7-21(20)26-23/h2-3,6-11,13,17H,4-5,12,14-15H2,1H3,(H,24,27)(H,25,26). The zero-order valence-electron chi connectivity index (χ0n) is 16.6. The van der Waals surface area contributed by atoms with Crippen molar-refractivity contribution in [1.29, 1.82) is 0 Å². The summed E-state index contributed by atoms with van der Waals surface area (Å²) in [4.78, 5) is 10.9. The number of aromatic amines is 2. The smallest absolute Gasteiger partial charge is 0.118 e. The van der Waals surface area contributed by atoms with E-state index in [1.807, 2.05) is 24.4 Å². The number of hydrogen-bond acceptors (Lipinski definition) is 4. The molecule has 1 unspecified atom stereocenters. The number of nitrogens with zero attached hydrogens (tertiary/aromatic N) is 3. The van der Waals surface area contributed by atoms with Crippen molar-refractivity contribution in [2.45, 2.75) is 25.3 Å². The molecule has 1 saturated heterocycles. The molecule has 3 heterocycles. The lowest BCUT2D eigenvalue weighted by molar-refractivity contribution is 0.197. The zero-order chi connectivity index (χ0) is 19.6. The molecule has 1 fully saturated rings. The topological polar surface area (TPSA) is 69.8 Å². The minimum Gasteiger partial charge on any atom is -0.497 e. The maximum absolute atomic E-state index is 5.27. The molecule has 6 heteroatoms. The van der Waals surface area contributed by atoms with Gasteiger partial charge in [0.25, 0.3) is 0 Å². The summed E-state index contributed by atoms with van der Waals surface area (Å²) >= 11 is 0. The number of aromatic nitrogens is 4. The summed E-state index contributed by atoms with van der Waals surface area (Å²) in [7, 11) is 1.69. The third-order valence-corrected chi connectivity index (χ3v) is 5.79. The van der Waals surface area contributed by atoms with Gasteiger partial charge in [0, 0.05) is 30.1 Å². The summed E-state index contributed by atoms with van der Waals surface area (Å²) < 4.78 is 5.27. The molecule has 2 aromatic heterocycles. The summed E-state index contributed by atoms with van der Waals surface area (Å²) in [5.41, 5.74) is 5.61. The number of likely N-dealkylation sites (tertiary alicyclic amines) is 1. The highest BCUT2D eigenvalue weighted by molar-refractivity contribution is 5.74. The van der Waals surface area contributed by atoms with E-state index in [1.165, 1.54) is 18.4 Å². The Kier molecular flexibility index (Phi) is 4.77. The van der Waals surface area contributed by atoms with Crippen molar-refractivity contribution in [2.75, 3.05) is 20.2 Å². The second-order valence-electron chi connectivity index (χ2n) is 7.71. The molecule has 1 aliphatic heterocycles. The first-order valence-electron chi connectivity index (χ1n) is 10.1. The molecule has 148 valence electrons. The predicted octanol–water partition coefficient (Wildman–Crippen LogP) is 4.34. The highest BCUT2D eigenvalue weighted by atomic mass is 16.5. The lowest BCUT2D eigenvalue weighted by atomic mass is 9.96. The van der Waals surface area contributed by atoms with E-state index in [9.17, 15) is 0 Å². The second-order valence-corrected chi connectivity index (χ2v) is 7.71. The SMILES string of the molecule is COc1ccc(-c2[nH]ncc2CN2CCCC(c3nc4ccccc4[nH]3)C2)cc1. The van der Waals surface area contributed by atoms with Crippen molar-refractivity contribution in [3.63, 3.8) is 0 Å². The van der Waals surface area contributed by atoms with Crippen molar-refractivity contribution >= 4 is 11.0 Å². The molecule has 4 aromatic rings. The van der Waals surface area contributed by atoms with Gasteiger partial charge in [-0.05, 0) is 55.8 Å². The molecule has 0 aliphatic carbocycles. The summed E-state index contributed by atoms with van der Waals surface area (Å²) in [5, 5.41) is 7.48. The molecular weight excluding hydrogens is 362 g/mol. The Morgan fingerprint density at radius 2 is 2.00 bits per heavy atom. The van der Waals surface area contributed by atoms with E-state index in [-0.39, 0.29) is 0 Å². The van der Waals surface area contributed by atoms with Crippen molar-refractivity contribution in [3.05, 3.63) is 66.1 Å². The third kappa shape index (κ3) is 3.63. The first-order chi connectivity index (χ1) is 14.3. The number of benzene rings is 2. The highest BCUT2D eigenvalue weighted by Crippen LogP contribution is 2.29. The maximum Gasteiger partial charge on any atom is 0.118 e. The minimum atomic E-state index is 0.437. The lowest BCUT2D eigenvalue weighted by Gasteiger charge is -2.31. The van der Waals surface area contributed by atoms with Gasteiger partial charge in [-0.15, -0.1) is 0 Å². The number of imidazole rings is 1. The van der Waals surface area contributed by atoms with Crippen LogP contribution in [-0.4, -0.2) is 45.3 Å². The van der Waals surface area contributed by atoms with Crippen LogP contribution in [0.3, 0.4) is 0 Å². The Morgan fingerprint density at radius 3 is 2.83 bits per heavy atom. The summed E-state index contributed by atoms with van der Waals surface area (Å²) in [6.45, 7) is 2.99. The number of nitrogens with one attached hydrogen (secondary N) is 2. The van der Waals surface area contributed by atoms with E-state index in [0.717, 1.165) is 53.5 Å².